The lowest BCUT2D eigenvalue weighted by molar-refractivity contribution is -0.122. The first kappa shape index (κ1) is 16.7. The average molecular weight is 338 g/mol. The molecular weight excluding hydrogens is 322 g/mol. The van der Waals surface area contributed by atoms with Crippen LogP contribution in [0.4, 0.5) is 0 Å². The number of benzene rings is 1. The van der Waals surface area contributed by atoms with Gasteiger partial charge in [-0.1, -0.05) is 23.7 Å². The molecule has 0 radical (unpaired) electrons. The van der Waals surface area contributed by atoms with Crippen LogP contribution in [-0.4, -0.2) is 29.9 Å². The van der Waals surface area contributed by atoms with E-state index in [9.17, 15) is 9.59 Å². The molecule has 0 saturated carbocycles. The minimum Gasteiger partial charge on any atom is -0.395 e. The Morgan fingerprint density at radius 2 is 2.14 bits per heavy atom. The van der Waals surface area contributed by atoms with E-state index in [0.717, 1.165) is 5.56 Å². The van der Waals surface area contributed by atoms with Crippen molar-refractivity contribution in [2.24, 2.45) is 0 Å². The standard InChI is InChI=1S/C16H16ClNO3S/c1-10(16(21)18-6-7-19)11-4-5-12(13(17)9-11)15(20)14-3-2-8-22-14/h2-5,8-10,19H,6-7H2,1H3,(H,18,21)/t10-/m0/s1. The number of aliphatic hydroxyl groups excluding tert-OH is 1. The Bertz CT molecular complexity index is 670. The minimum atomic E-state index is -0.407. The topological polar surface area (TPSA) is 66.4 Å². The van der Waals surface area contributed by atoms with Crippen LogP contribution in [0.1, 0.15) is 33.6 Å². The molecule has 2 N–H and O–H groups in total. The van der Waals surface area contributed by atoms with Crippen molar-refractivity contribution >= 4 is 34.6 Å². The molecule has 2 aromatic rings. The van der Waals surface area contributed by atoms with Gasteiger partial charge < -0.3 is 10.4 Å². The van der Waals surface area contributed by atoms with E-state index in [1.54, 1.807) is 31.2 Å². The predicted octanol–water partition coefficient (Wildman–Crippen LogP) is 2.84. The normalized spacial score (nSPS) is 12.0. The fourth-order valence-electron chi connectivity index (χ4n) is 2.01. The predicted molar refractivity (Wildman–Crippen MR) is 87.7 cm³/mol. The zero-order valence-electron chi connectivity index (χ0n) is 12.0. The molecule has 0 unspecified atom stereocenters. The zero-order chi connectivity index (χ0) is 16.1. The first-order valence-electron chi connectivity index (χ1n) is 6.80. The smallest absolute Gasteiger partial charge is 0.227 e. The number of carbonyl (C=O) groups excluding carboxylic acids is 2. The second kappa shape index (κ2) is 7.54. The third-order valence-electron chi connectivity index (χ3n) is 3.29. The van der Waals surface area contributed by atoms with E-state index in [1.807, 2.05) is 11.4 Å². The first-order valence-corrected chi connectivity index (χ1v) is 8.06. The van der Waals surface area contributed by atoms with Gasteiger partial charge in [0.25, 0.3) is 0 Å². The third kappa shape index (κ3) is 3.74. The van der Waals surface area contributed by atoms with E-state index in [4.69, 9.17) is 16.7 Å². The van der Waals surface area contributed by atoms with Crippen molar-refractivity contribution in [1.29, 1.82) is 0 Å². The molecule has 0 spiro atoms. The quantitative estimate of drug-likeness (QED) is 0.796. The summed E-state index contributed by atoms with van der Waals surface area (Å²) in [5.41, 5.74) is 1.15. The summed E-state index contributed by atoms with van der Waals surface area (Å²) in [6, 6.07) is 8.59. The maximum absolute atomic E-state index is 12.3. The van der Waals surface area contributed by atoms with E-state index in [1.165, 1.54) is 11.3 Å². The molecule has 22 heavy (non-hydrogen) atoms. The second-order valence-corrected chi connectivity index (χ2v) is 6.14. The number of nitrogens with one attached hydrogen (secondary N) is 1. The molecule has 0 aliphatic rings. The summed E-state index contributed by atoms with van der Waals surface area (Å²) in [7, 11) is 0. The summed E-state index contributed by atoms with van der Waals surface area (Å²) in [4.78, 5) is 24.8. The highest BCUT2D eigenvalue weighted by Gasteiger charge is 2.18. The number of hydrogen-bond acceptors (Lipinski definition) is 4. The van der Waals surface area contributed by atoms with Crippen LogP contribution in [0.2, 0.25) is 5.02 Å². The van der Waals surface area contributed by atoms with Gasteiger partial charge in [0.15, 0.2) is 0 Å². The SMILES string of the molecule is C[C@H](C(=O)NCCO)c1ccc(C(=O)c2cccs2)c(Cl)c1. The molecule has 0 fully saturated rings. The van der Waals surface area contributed by atoms with Gasteiger partial charge in [-0.2, -0.15) is 0 Å². The van der Waals surface area contributed by atoms with Gasteiger partial charge in [-0.25, -0.2) is 0 Å². The molecular formula is C16H16ClNO3S. The molecule has 0 bridgehead atoms. The van der Waals surface area contributed by atoms with Gasteiger partial charge in [-0.3, -0.25) is 9.59 Å². The lowest BCUT2D eigenvalue weighted by Crippen LogP contribution is -2.30. The number of ketones is 1. The number of rotatable bonds is 6. The van der Waals surface area contributed by atoms with Gasteiger partial charge in [-0.15, -0.1) is 11.3 Å². The summed E-state index contributed by atoms with van der Waals surface area (Å²) >= 11 is 7.57. The lowest BCUT2D eigenvalue weighted by Gasteiger charge is -2.13. The summed E-state index contributed by atoms with van der Waals surface area (Å²) in [5, 5.41) is 13.5. The van der Waals surface area contributed by atoms with E-state index < -0.39 is 5.92 Å². The number of carbonyl (C=O) groups is 2. The number of amides is 1. The van der Waals surface area contributed by atoms with E-state index in [2.05, 4.69) is 5.32 Å². The minimum absolute atomic E-state index is 0.104. The molecule has 1 amide bonds. The summed E-state index contributed by atoms with van der Waals surface area (Å²) in [6.45, 7) is 1.86. The van der Waals surface area contributed by atoms with Gasteiger partial charge >= 0.3 is 0 Å². The molecule has 2 rings (SSSR count). The highest BCUT2D eigenvalue weighted by Crippen LogP contribution is 2.26. The maximum Gasteiger partial charge on any atom is 0.227 e. The number of hydrogen-bond donors (Lipinski definition) is 2. The fourth-order valence-corrected chi connectivity index (χ4v) is 2.96. The summed E-state index contributed by atoms with van der Waals surface area (Å²) < 4.78 is 0. The molecule has 0 aliphatic heterocycles. The molecule has 1 aromatic carbocycles. The molecule has 0 saturated heterocycles. The summed E-state index contributed by atoms with van der Waals surface area (Å²) in [6.07, 6.45) is 0. The Morgan fingerprint density at radius 3 is 2.73 bits per heavy atom. The molecule has 1 atom stereocenters. The third-order valence-corrected chi connectivity index (χ3v) is 4.47. The zero-order valence-corrected chi connectivity index (χ0v) is 13.6. The van der Waals surface area contributed by atoms with Crippen molar-refractivity contribution in [2.75, 3.05) is 13.2 Å². The fraction of sp³-hybridized carbons (Fsp3) is 0.250. The Morgan fingerprint density at radius 1 is 1.36 bits per heavy atom. The van der Waals surface area contributed by atoms with Gasteiger partial charge in [0.2, 0.25) is 11.7 Å². The van der Waals surface area contributed by atoms with Crippen molar-refractivity contribution in [3.8, 4) is 0 Å². The first-order chi connectivity index (χ1) is 10.5. The Hall–Kier alpha value is -1.69. The molecule has 4 nitrogen and oxygen atoms in total. The van der Waals surface area contributed by atoms with Crippen LogP contribution in [-0.2, 0) is 4.79 Å². The molecule has 1 heterocycles. The number of halogens is 1. The van der Waals surface area contributed by atoms with Crippen LogP contribution in [0, 0.1) is 0 Å². The van der Waals surface area contributed by atoms with Crippen LogP contribution in [0.15, 0.2) is 35.7 Å². The number of aliphatic hydroxyl groups is 1. The van der Waals surface area contributed by atoms with Gasteiger partial charge in [0.05, 0.1) is 22.4 Å². The van der Waals surface area contributed by atoms with Crippen molar-refractivity contribution < 1.29 is 14.7 Å². The van der Waals surface area contributed by atoms with Crippen molar-refractivity contribution in [3.63, 3.8) is 0 Å². The van der Waals surface area contributed by atoms with Crippen molar-refractivity contribution in [1.82, 2.24) is 5.32 Å². The van der Waals surface area contributed by atoms with Gasteiger partial charge in [0.1, 0.15) is 0 Å². The van der Waals surface area contributed by atoms with Crippen LogP contribution in [0.25, 0.3) is 0 Å². The Balaban J connectivity index is 2.19. The van der Waals surface area contributed by atoms with Crippen LogP contribution in [0.3, 0.4) is 0 Å². The van der Waals surface area contributed by atoms with Crippen LogP contribution < -0.4 is 5.32 Å². The average Bonchev–Trinajstić information content (AvgIpc) is 3.05. The van der Waals surface area contributed by atoms with Crippen LogP contribution >= 0.6 is 22.9 Å². The van der Waals surface area contributed by atoms with Crippen LogP contribution in [0.5, 0.6) is 0 Å². The summed E-state index contributed by atoms with van der Waals surface area (Å²) in [5.74, 6) is -0.721. The molecule has 0 aliphatic carbocycles. The van der Waals surface area contributed by atoms with Crippen molar-refractivity contribution in [3.05, 3.63) is 56.7 Å². The Labute approximate surface area is 137 Å². The lowest BCUT2D eigenvalue weighted by atomic mass is 9.97. The van der Waals surface area contributed by atoms with E-state index in [-0.39, 0.29) is 24.8 Å². The van der Waals surface area contributed by atoms with Gasteiger partial charge in [0, 0.05) is 12.1 Å². The largest absolute Gasteiger partial charge is 0.395 e. The highest BCUT2D eigenvalue weighted by atomic mass is 35.5. The Kier molecular flexibility index (Phi) is 5.71. The number of thiophene rings is 1. The second-order valence-electron chi connectivity index (χ2n) is 4.78. The molecule has 1 aromatic heterocycles. The molecule has 116 valence electrons. The molecule has 6 heteroatoms. The van der Waals surface area contributed by atoms with E-state index in [0.29, 0.717) is 15.5 Å². The monoisotopic (exact) mass is 337 g/mol. The highest BCUT2D eigenvalue weighted by molar-refractivity contribution is 7.12. The van der Waals surface area contributed by atoms with Gasteiger partial charge in [-0.05, 0) is 36.1 Å². The maximum atomic E-state index is 12.3. The van der Waals surface area contributed by atoms with E-state index >= 15 is 0 Å². The van der Waals surface area contributed by atoms with Crippen molar-refractivity contribution in [2.45, 2.75) is 12.8 Å².